The number of rotatable bonds is 8. The molecule has 0 aliphatic carbocycles. The van der Waals surface area contributed by atoms with Crippen molar-refractivity contribution in [3.8, 4) is 0 Å². The monoisotopic (exact) mass is 459 g/mol. The van der Waals surface area contributed by atoms with E-state index in [9.17, 15) is 9.18 Å². The molecule has 1 saturated heterocycles. The molecule has 0 saturated carbocycles. The van der Waals surface area contributed by atoms with Crippen LogP contribution in [0.2, 0.25) is 0 Å². The van der Waals surface area contributed by atoms with Crippen molar-refractivity contribution >= 4 is 5.91 Å². The summed E-state index contributed by atoms with van der Waals surface area (Å²) in [7, 11) is 0. The minimum atomic E-state index is -0.161. The Bertz CT molecular complexity index is 1080. The summed E-state index contributed by atoms with van der Waals surface area (Å²) in [6.07, 6.45) is 3.58. The lowest BCUT2D eigenvalue weighted by atomic mass is 9.88. The maximum Gasteiger partial charge on any atom is 0.225 e. The van der Waals surface area contributed by atoms with Gasteiger partial charge in [-0.1, -0.05) is 67.9 Å². The highest BCUT2D eigenvalue weighted by atomic mass is 19.1. The molecule has 34 heavy (non-hydrogen) atoms. The maximum atomic E-state index is 14.4. The second-order valence-corrected chi connectivity index (χ2v) is 9.80. The number of amides is 1. The van der Waals surface area contributed by atoms with Gasteiger partial charge in [-0.15, -0.1) is 0 Å². The van der Waals surface area contributed by atoms with Crippen LogP contribution in [0.5, 0.6) is 0 Å². The van der Waals surface area contributed by atoms with E-state index in [0.29, 0.717) is 19.6 Å². The highest BCUT2D eigenvalue weighted by Crippen LogP contribution is 2.35. The van der Waals surface area contributed by atoms with E-state index in [1.165, 1.54) is 17.2 Å². The number of aromatic nitrogens is 1. The normalized spacial score (nSPS) is 18.4. The van der Waals surface area contributed by atoms with Crippen molar-refractivity contribution in [2.75, 3.05) is 19.6 Å². The number of pyridine rings is 1. The standard InChI is InChI=1S/C29H34FN3O/c1-21(2)29(34)33(16-23-7-6-14-31-15-23)19-26-18-32(17-25-8-4-5-9-28(25)30)20-27(26)24-12-10-22(3)11-13-24/h4-15,21,26-27H,16-20H2,1-3H3/t26-,27+/m0/s1. The van der Waals surface area contributed by atoms with Gasteiger partial charge in [0.1, 0.15) is 5.82 Å². The Balaban J connectivity index is 1.58. The number of carbonyl (C=O) groups excluding carboxylic acids is 1. The summed E-state index contributed by atoms with van der Waals surface area (Å²) < 4.78 is 14.4. The molecule has 0 unspecified atom stereocenters. The Hall–Kier alpha value is -3.05. The summed E-state index contributed by atoms with van der Waals surface area (Å²) in [6.45, 7) is 9.46. The van der Waals surface area contributed by atoms with Crippen LogP contribution in [0.3, 0.4) is 0 Å². The van der Waals surface area contributed by atoms with E-state index in [-0.39, 0.29) is 29.5 Å². The molecule has 1 aromatic heterocycles. The van der Waals surface area contributed by atoms with Gasteiger partial charge < -0.3 is 4.90 Å². The molecule has 4 rings (SSSR count). The average molecular weight is 460 g/mol. The lowest BCUT2D eigenvalue weighted by molar-refractivity contribution is -0.135. The van der Waals surface area contributed by atoms with Gasteiger partial charge in [-0.05, 0) is 36.1 Å². The zero-order valence-electron chi connectivity index (χ0n) is 20.3. The molecule has 0 N–H and O–H groups in total. The lowest BCUT2D eigenvalue weighted by Crippen LogP contribution is -2.39. The number of hydrogen-bond donors (Lipinski definition) is 0. The Kier molecular flexibility index (Phi) is 7.73. The van der Waals surface area contributed by atoms with Crippen LogP contribution in [-0.4, -0.2) is 40.3 Å². The van der Waals surface area contributed by atoms with Crippen molar-refractivity contribution in [1.29, 1.82) is 0 Å². The topological polar surface area (TPSA) is 36.4 Å². The van der Waals surface area contributed by atoms with Crippen LogP contribution in [0.4, 0.5) is 4.39 Å². The Morgan fingerprint density at radius 3 is 2.53 bits per heavy atom. The summed E-state index contributed by atoms with van der Waals surface area (Å²) in [5, 5.41) is 0. The molecule has 1 amide bonds. The van der Waals surface area contributed by atoms with E-state index in [0.717, 1.165) is 24.2 Å². The van der Waals surface area contributed by atoms with Crippen LogP contribution in [0.1, 0.15) is 42.0 Å². The van der Waals surface area contributed by atoms with Crippen molar-refractivity contribution < 1.29 is 9.18 Å². The van der Waals surface area contributed by atoms with Crippen molar-refractivity contribution in [2.45, 2.75) is 39.8 Å². The lowest BCUT2D eigenvalue weighted by Gasteiger charge is -2.30. The smallest absolute Gasteiger partial charge is 0.225 e. The molecule has 1 aliphatic rings. The molecule has 4 nitrogen and oxygen atoms in total. The molecule has 0 bridgehead atoms. The van der Waals surface area contributed by atoms with Gasteiger partial charge in [-0.3, -0.25) is 14.7 Å². The summed E-state index contributed by atoms with van der Waals surface area (Å²) in [5.41, 5.74) is 4.26. The molecule has 2 atom stereocenters. The minimum Gasteiger partial charge on any atom is -0.338 e. The second-order valence-electron chi connectivity index (χ2n) is 9.80. The van der Waals surface area contributed by atoms with Crippen LogP contribution < -0.4 is 0 Å². The first-order valence-corrected chi connectivity index (χ1v) is 12.1. The molecular formula is C29H34FN3O. The molecule has 178 valence electrons. The molecule has 5 heteroatoms. The third kappa shape index (κ3) is 5.89. The van der Waals surface area contributed by atoms with Crippen molar-refractivity contribution in [2.24, 2.45) is 11.8 Å². The summed E-state index contributed by atoms with van der Waals surface area (Å²) >= 11 is 0. The first kappa shape index (κ1) is 24.1. The van der Waals surface area contributed by atoms with Crippen molar-refractivity contribution in [3.63, 3.8) is 0 Å². The van der Waals surface area contributed by atoms with Gasteiger partial charge >= 0.3 is 0 Å². The highest BCUT2D eigenvalue weighted by Gasteiger charge is 2.36. The fourth-order valence-electron chi connectivity index (χ4n) is 4.93. The van der Waals surface area contributed by atoms with Crippen LogP contribution in [0.15, 0.2) is 73.1 Å². The summed E-state index contributed by atoms with van der Waals surface area (Å²) in [4.78, 5) is 21.7. The van der Waals surface area contributed by atoms with Gasteiger partial charge in [0, 0.05) is 62.5 Å². The number of aryl methyl sites for hydroxylation is 1. The predicted molar refractivity (Wildman–Crippen MR) is 134 cm³/mol. The first-order valence-electron chi connectivity index (χ1n) is 12.1. The molecule has 0 spiro atoms. The first-order chi connectivity index (χ1) is 16.4. The zero-order chi connectivity index (χ0) is 24.1. The minimum absolute atomic E-state index is 0.0783. The quantitative estimate of drug-likeness (QED) is 0.451. The molecule has 1 aliphatic heterocycles. The van der Waals surface area contributed by atoms with Gasteiger partial charge in [-0.25, -0.2) is 4.39 Å². The van der Waals surface area contributed by atoms with E-state index < -0.39 is 0 Å². The fourth-order valence-corrected chi connectivity index (χ4v) is 4.93. The molecule has 2 aromatic carbocycles. The Morgan fingerprint density at radius 1 is 1.09 bits per heavy atom. The van der Waals surface area contributed by atoms with E-state index in [2.05, 4.69) is 41.1 Å². The number of carbonyl (C=O) groups is 1. The van der Waals surface area contributed by atoms with Crippen LogP contribution in [0.25, 0.3) is 0 Å². The SMILES string of the molecule is Cc1ccc([C@H]2CN(Cc3ccccc3F)C[C@H]2CN(Cc2cccnc2)C(=O)C(C)C)cc1. The Labute approximate surface area is 202 Å². The third-order valence-electron chi connectivity index (χ3n) is 6.73. The van der Waals surface area contributed by atoms with Crippen LogP contribution in [0, 0.1) is 24.6 Å². The number of nitrogens with zero attached hydrogens (tertiary/aromatic N) is 3. The maximum absolute atomic E-state index is 14.4. The van der Waals surface area contributed by atoms with E-state index in [1.807, 2.05) is 49.2 Å². The number of benzene rings is 2. The molecular weight excluding hydrogens is 425 g/mol. The number of halogens is 1. The highest BCUT2D eigenvalue weighted by molar-refractivity contribution is 5.78. The summed E-state index contributed by atoms with van der Waals surface area (Å²) in [6, 6.07) is 19.6. The van der Waals surface area contributed by atoms with Crippen molar-refractivity contribution in [3.05, 3.63) is 101 Å². The van der Waals surface area contributed by atoms with Gasteiger partial charge in [-0.2, -0.15) is 0 Å². The van der Waals surface area contributed by atoms with Crippen LogP contribution in [-0.2, 0) is 17.9 Å². The van der Waals surface area contributed by atoms with Gasteiger partial charge in [0.05, 0.1) is 0 Å². The number of likely N-dealkylation sites (tertiary alicyclic amines) is 1. The second kappa shape index (κ2) is 10.9. The Morgan fingerprint density at radius 2 is 1.85 bits per heavy atom. The van der Waals surface area contributed by atoms with Gasteiger partial charge in [0.2, 0.25) is 5.91 Å². The van der Waals surface area contributed by atoms with Crippen LogP contribution >= 0.6 is 0 Å². The van der Waals surface area contributed by atoms with Crippen molar-refractivity contribution in [1.82, 2.24) is 14.8 Å². The summed E-state index contributed by atoms with van der Waals surface area (Å²) in [5.74, 6) is 0.452. The van der Waals surface area contributed by atoms with E-state index in [4.69, 9.17) is 0 Å². The largest absolute Gasteiger partial charge is 0.338 e. The number of hydrogen-bond acceptors (Lipinski definition) is 3. The average Bonchev–Trinajstić information content (AvgIpc) is 3.23. The van der Waals surface area contributed by atoms with Gasteiger partial charge in [0.15, 0.2) is 0 Å². The molecule has 2 heterocycles. The molecule has 0 radical (unpaired) electrons. The molecule has 1 fully saturated rings. The third-order valence-corrected chi connectivity index (χ3v) is 6.73. The van der Waals surface area contributed by atoms with E-state index in [1.54, 1.807) is 12.3 Å². The predicted octanol–water partition coefficient (Wildman–Crippen LogP) is 5.43. The zero-order valence-corrected chi connectivity index (χ0v) is 20.3. The van der Waals surface area contributed by atoms with Gasteiger partial charge in [0.25, 0.3) is 0 Å². The fraction of sp³-hybridized carbons (Fsp3) is 0.379. The van der Waals surface area contributed by atoms with E-state index >= 15 is 0 Å². The molecule has 3 aromatic rings.